The monoisotopic (exact) mass is 309 g/mol. The van der Waals surface area contributed by atoms with Crippen molar-refractivity contribution in [2.75, 3.05) is 18.1 Å². The minimum atomic E-state index is -0.821. The summed E-state index contributed by atoms with van der Waals surface area (Å²) >= 11 is 1.63. The average Bonchev–Trinajstić information content (AvgIpc) is 2.41. The Morgan fingerprint density at radius 3 is 2.62 bits per heavy atom. The lowest BCUT2D eigenvalue weighted by molar-refractivity contribution is -0.119. The maximum Gasteiger partial charge on any atom is 0.230 e. The van der Waals surface area contributed by atoms with Gasteiger partial charge in [-0.2, -0.15) is 11.8 Å². The lowest BCUT2D eigenvalue weighted by atomic mass is 9.94. The molecule has 4 heteroatoms. The van der Waals surface area contributed by atoms with Gasteiger partial charge in [-0.15, -0.1) is 0 Å². The van der Waals surface area contributed by atoms with Crippen LogP contribution in [0.2, 0.25) is 0 Å². The molecule has 1 unspecified atom stereocenters. The third-order valence-electron chi connectivity index (χ3n) is 3.13. The number of carbonyl (C=O) groups is 1. The molecular formula is C17H27NO2S. The Morgan fingerprint density at radius 2 is 2.00 bits per heavy atom. The minimum absolute atomic E-state index is 0.00269. The van der Waals surface area contributed by atoms with Crippen LogP contribution in [0.15, 0.2) is 30.3 Å². The Bertz CT molecular complexity index is 418. The first-order valence-corrected chi connectivity index (χ1v) is 8.65. The molecule has 1 aromatic carbocycles. The maximum absolute atomic E-state index is 11.7. The first-order chi connectivity index (χ1) is 9.89. The number of aliphatic hydroxyl groups is 1. The molecule has 0 saturated carbocycles. The van der Waals surface area contributed by atoms with Gasteiger partial charge in [0.1, 0.15) is 0 Å². The summed E-state index contributed by atoms with van der Waals surface area (Å²) in [7, 11) is 0. The second-order valence-electron chi connectivity index (χ2n) is 6.16. The van der Waals surface area contributed by atoms with E-state index in [1.54, 1.807) is 18.7 Å². The maximum atomic E-state index is 11.7. The number of amides is 1. The van der Waals surface area contributed by atoms with E-state index in [4.69, 9.17) is 0 Å². The van der Waals surface area contributed by atoms with E-state index in [1.807, 2.05) is 18.2 Å². The van der Waals surface area contributed by atoms with E-state index in [0.29, 0.717) is 24.6 Å². The normalized spacial score (nSPS) is 14.0. The van der Waals surface area contributed by atoms with Crippen molar-refractivity contribution >= 4 is 17.7 Å². The number of rotatable bonds is 9. The third kappa shape index (κ3) is 8.79. The molecule has 3 nitrogen and oxygen atoms in total. The standard InChI is InChI=1S/C17H27NO2S/c1-14(2)11-17(3,20)13-18-16(19)12-21-10-9-15-7-5-4-6-8-15/h4-8,14,20H,9-13H2,1-3H3,(H,18,19). The zero-order valence-corrected chi connectivity index (χ0v) is 14.1. The van der Waals surface area contributed by atoms with Crippen molar-refractivity contribution in [2.45, 2.75) is 39.2 Å². The van der Waals surface area contributed by atoms with Crippen LogP contribution in [0.3, 0.4) is 0 Å². The molecule has 1 atom stereocenters. The molecular weight excluding hydrogens is 282 g/mol. The highest BCUT2D eigenvalue weighted by atomic mass is 32.2. The molecule has 1 amide bonds. The Balaban J connectivity index is 2.14. The van der Waals surface area contributed by atoms with Crippen LogP contribution in [0, 0.1) is 5.92 Å². The van der Waals surface area contributed by atoms with E-state index in [1.165, 1.54) is 5.56 Å². The molecule has 0 saturated heterocycles. The number of thioether (sulfide) groups is 1. The quantitative estimate of drug-likeness (QED) is 0.690. The number of aryl methyl sites for hydroxylation is 1. The van der Waals surface area contributed by atoms with Gasteiger partial charge in [-0.25, -0.2) is 0 Å². The second kappa shape index (κ2) is 9.11. The first-order valence-electron chi connectivity index (χ1n) is 7.50. The van der Waals surface area contributed by atoms with Gasteiger partial charge >= 0.3 is 0 Å². The van der Waals surface area contributed by atoms with Gasteiger partial charge < -0.3 is 10.4 Å². The Kier molecular flexibility index (Phi) is 7.83. The largest absolute Gasteiger partial charge is 0.388 e. The van der Waals surface area contributed by atoms with Crippen molar-refractivity contribution in [3.05, 3.63) is 35.9 Å². The summed E-state index contributed by atoms with van der Waals surface area (Å²) < 4.78 is 0. The fraction of sp³-hybridized carbons (Fsp3) is 0.588. The number of benzene rings is 1. The summed E-state index contributed by atoms with van der Waals surface area (Å²) in [4.78, 5) is 11.7. The molecule has 0 aliphatic heterocycles. The van der Waals surface area contributed by atoms with E-state index < -0.39 is 5.60 Å². The summed E-state index contributed by atoms with van der Waals surface area (Å²) in [5.41, 5.74) is 0.476. The third-order valence-corrected chi connectivity index (χ3v) is 4.08. The first kappa shape index (κ1) is 18.1. The molecule has 1 aromatic rings. The molecule has 0 spiro atoms. The molecule has 0 aromatic heterocycles. The molecule has 0 aliphatic rings. The van der Waals surface area contributed by atoms with Crippen molar-refractivity contribution in [1.82, 2.24) is 5.32 Å². The van der Waals surface area contributed by atoms with Gasteiger partial charge in [0, 0.05) is 6.54 Å². The van der Waals surface area contributed by atoms with Gasteiger partial charge in [-0.1, -0.05) is 44.2 Å². The second-order valence-corrected chi connectivity index (χ2v) is 7.26. The van der Waals surface area contributed by atoms with Crippen LogP contribution in [0.4, 0.5) is 0 Å². The zero-order valence-electron chi connectivity index (χ0n) is 13.3. The minimum Gasteiger partial charge on any atom is -0.388 e. The average molecular weight is 309 g/mol. The van der Waals surface area contributed by atoms with Crippen molar-refractivity contribution < 1.29 is 9.90 Å². The number of hydrogen-bond donors (Lipinski definition) is 2. The van der Waals surface area contributed by atoms with Gasteiger partial charge in [0.2, 0.25) is 5.91 Å². The highest BCUT2D eigenvalue weighted by Crippen LogP contribution is 2.15. The van der Waals surface area contributed by atoms with E-state index >= 15 is 0 Å². The van der Waals surface area contributed by atoms with Gasteiger partial charge in [0.25, 0.3) is 0 Å². The van der Waals surface area contributed by atoms with Crippen LogP contribution in [0.5, 0.6) is 0 Å². The molecule has 0 heterocycles. The van der Waals surface area contributed by atoms with E-state index in [0.717, 1.165) is 12.2 Å². The van der Waals surface area contributed by atoms with Crippen molar-refractivity contribution in [3.63, 3.8) is 0 Å². The fourth-order valence-electron chi connectivity index (χ4n) is 2.29. The van der Waals surface area contributed by atoms with Crippen molar-refractivity contribution in [3.8, 4) is 0 Å². The van der Waals surface area contributed by atoms with Crippen molar-refractivity contribution in [1.29, 1.82) is 0 Å². The van der Waals surface area contributed by atoms with E-state index in [-0.39, 0.29) is 5.91 Å². The molecule has 2 N–H and O–H groups in total. The molecule has 0 radical (unpaired) electrons. The number of nitrogens with one attached hydrogen (secondary N) is 1. The highest BCUT2D eigenvalue weighted by Gasteiger charge is 2.22. The number of hydrogen-bond acceptors (Lipinski definition) is 3. The SMILES string of the molecule is CC(C)CC(C)(O)CNC(=O)CSCCc1ccccc1. The highest BCUT2D eigenvalue weighted by molar-refractivity contribution is 7.99. The Hall–Kier alpha value is -1.00. The predicted octanol–water partition coefficient (Wildman–Crippen LogP) is 2.88. The molecule has 1 rings (SSSR count). The summed E-state index contributed by atoms with van der Waals surface area (Å²) in [6.45, 7) is 6.23. The van der Waals surface area contributed by atoms with Crippen LogP contribution in [-0.4, -0.2) is 34.7 Å². The summed E-state index contributed by atoms with van der Waals surface area (Å²) in [5, 5.41) is 12.9. The van der Waals surface area contributed by atoms with Crippen LogP contribution >= 0.6 is 11.8 Å². The van der Waals surface area contributed by atoms with Gasteiger partial charge in [0.15, 0.2) is 0 Å². The topological polar surface area (TPSA) is 49.3 Å². The lowest BCUT2D eigenvalue weighted by Gasteiger charge is -2.25. The number of carbonyl (C=O) groups excluding carboxylic acids is 1. The summed E-state index contributed by atoms with van der Waals surface area (Å²) in [6, 6.07) is 10.3. The van der Waals surface area contributed by atoms with Gasteiger partial charge in [0.05, 0.1) is 11.4 Å². The van der Waals surface area contributed by atoms with Crippen LogP contribution in [0.1, 0.15) is 32.8 Å². The molecule has 0 bridgehead atoms. The molecule has 118 valence electrons. The Labute approximate surface area is 132 Å². The Morgan fingerprint density at radius 1 is 1.33 bits per heavy atom. The van der Waals surface area contributed by atoms with Crippen molar-refractivity contribution in [2.24, 2.45) is 5.92 Å². The van der Waals surface area contributed by atoms with Gasteiger partial charge in [-0.3, -0.25) is 4.79 Å². The molecule has 0 aliphatic carbocycles. The summed E-state index contributed by atoms with van der Waals surface area (Å²) in [6.07, 6.45) is 1.66. The predicted molar refractivity (Wildman–Crippen MR) is 90.6 cm³/mol. The fourth-order valence-corrected chi connectivity index (χ4v) is 3.10. The molecule has 0 fully saturated rings. The van der Waals surface area contributed by atoms with Gasteiger partial charge in [-0.05, 0) is 37.0 Å². The van der Waals surface area contributed by atoms with Crippen LogP contribution in [-0.2, 0) is 11.2 Å². The molecule has 21 heavy (non-hydrogen) atoms. The van der Waals surface area contributed by atoms with Crippen LogP contribution < -0.4 is 5.32 Å². The summed E-state index contributed by atoms with van der Waals surface area (Å²) in [5.74, 6) is 1.79. The lowest BCUT2D eigenvalue weighted by Crippen LogP contribution is -2.42. The van der Waals surface area contributed by atoms with E-state index in [9.17, 15) is 9.90 Å². The van der Waals surface area contributed by atoms with Crippen LogP contribution in [0.25, 0.3) is 0 Å². The smallest absolute Gasteiger partial charge is 0.230 e. The van der Waals surface area contributed by atoms with E-state index in [2.05, 4.69) is 31.3 Å². The zero-order chi connectivity index (χ0) is 15.7.